The number of hydrogen-bond acceptors (Lipinski definition) is 4. The Bertz CT molecular complexity index is 393. The van der Waals surface area contributed by atoms with Gasteiger partial charge in [0, 0.05) is 6.54 Å². The lowest BCUT2D eigenvalue weighted by Gasteiger charge is -2.03. The first kappa shape index (κ1) is 17.1. The minimum absolute atomic E-state index is 0. The van der Waals surface area contributed by atoms with Gasteiger partial charge in [0.05, 0.1) is 11.3 Å². The molecule has 102 valence electrons. The van der Waals surface area contributed by atoms with Crippen LogP contribution in [0, 0.1) is 0 Å². The van der Waals surface area contributed by atoms with Crippen LogP contribution in [0.25, 0.3) is 0 Å². The smallest absolute Gasteiger partial charge is 0.224 e. The first-order valence-corrected chi connectivity index (χ1v) is 6.51. The van der Waals surface area contributed by atoms with Crippen LogP contribution in [-0.4, -0.2) is 31.8 Å². The molecule has 0 aromatic carbocycles. The largest absolute Gasteiger partial charge is 0.356 e. The summed E-state index contributed by atoms with van der Waals surface area (Å²) in [5.41, 5.74) is 0.909. The topological polar surface area (TPSA) is 58.2 Å². The molecule has 0 saturated carbocycles. The van der Waals surface area contributed by atoms with E-state index in [0.29, 0.717) is 17.8 Å². The van der Waals surface area contributed by atoms with Gasteiger partial charge in [-0.05, 0) is 43.9 Å². The van der Waals surface area contributed by atoms with E-state index in [-0.39, 0.29) is 24.1 Å². The first-order valence-electron chi connectivity index (χ1n) is 5.63. The summed E-state index contributed by atoms with van der Waals surface area (Å²) in [5.74, 6) is 0.0599. The molecule has 0 saturated heterocycles. The number of Topliss-reactive ketones (excluding diaryl/α,β-unsaturated/α-hetero) is 1. The molecule has 2 N–H and O–H groups in total. The number of amides is 1. The van der Waals surface area contributed by atoms with E-state index in [1.54, 1.807) is 6.07 Å². The third kappa shape index (κ3) is 6.14. The van der Waals surface area contributed by atoms with Crippen molar-refractivity contribution < 1.29 is 9.59 Å². The lowest BCUT2D eigenvalue weighted by molar-refractivity contribution is -0.120. The van der Waals surface area contributed by atoms with Crippen LogP contribution in [0.4, 0.5) is 0 Å². The monoisotopic (exact) mass is 290 g/mol. The number of nitrogens with one attached hydrogen (secondary N) is 2. The summed E-state index contributed by atoms with van der Waals surface area (Å²) in [6, 6.07) is 1.79. The SMILES string of the molecule is CNCCCNC(=O)Cc1csc(C(C)=O)c1.Cl. The molecule has 1 aromatic rings. The molecule has 0 aliphatic carbocycles. The first-order chi connectivity index (χ1) is 8.13. The summed E-state index contributed by atoms with van der Waals surface area (Å²) >= 11 is 1.39. The summed E-state index contributed by atoms with van der Waals surface area (Å²) in [5, 5.41) is 7.73. The molecular weight excluding hydrogens is 272 g/mol. The Balaban J connectivity index is 0.00000289. The van der Waals surface area contributed by atoms with E-state index in [4.69, 9.17) is 0 Å². The second kappa shape index (κ2) is 9.08. The molecule has 4 nitrogen and oxygen atoms in total. The van der Waals surface area contributed by atoms with Crippen molar-refractivity contribution >= 4 is 35.4 Å². The predicted octanol–water partition coefficient (Wildman–Crippen LogP) is 1.64. The molecule has 0 spiro atoms. The van der Waals surface area contributed by atoms with Crippen LogP contribution in [0.3, 0.4) is 0 Å². The number of hydrogen-bond donors (Lipinski definition) is 2. The van der Waals surface area contributed by atoms with Gasteiger partial charge < -0.3 is 10.6 Å². The maximum absolute atomic E-state index is 11.5. The Hall–Kier alpha value is -0.910. The molecule has 0 bridgehead atoms. The van der Waals surface area contributed by atoms with Crippen molar-refractivity contribution in [2.45, 2.75) is 19.8 Å². The van der Waals surface area contributed by atoms with Crippen LogP contribution in [0.2, 0.25) is 0 Å². The van der Waals surface area contributed by atoms with Crippen LogP contribution >= 0.6 is 23.7 Å². The van der Waals surface area contributed by atoms with Gasteiger partial charge in [-0.2, -0.15) is 0 Å². The van der Waals surface area contributed by atoms with Crippen molar-refractivity contribution in [2.75, 3.05) is 20.1 Å². The van der Waals surface area contributed by atoms with Gasteiger partial charge in [0.1, 0.15) is 0 Å². The number of carbonyl (C=O) groups is 2. The van der Waals surface area contributed by atoms with Gasteiger partial charge in [-0.25, -0.2) is 0 Å². The van der Waals surface area contributed by atoms with Crippen molar-refractivity contribution in [3.8, 4) is 0 Å². The summed E-state index contributed by atoms with van der Waals surface area (Å²) in [7, 11) is 1.89. The van der Waals surface area contributed by atoms with Crippen molar-refractivity contribution in [1.29, 1.82) is 0 Å². The molecule has 0 atom stereocenters. The quantitative estimate of drug-likeness (QED) is 0.593. The highest BCUT2D eigenvalue weighted by molar-refractivity contribution is 7.12. The Morgan fingerprint density at radius 1 is 1.33 bits per heavy atom. The Kier molecular flexibility index (Phi) is 8.62. The summed E-state index contributed by atoms with van der Waals surface area (Å²) in [4.78, 5) is 23.3. The molecule has 1 amide bonds. The molecule has 0 aliphatic heterocycles. The third-order valence-electron chi connectivity index (χ3n) is 2.29. The van der Waals surface area contributed by atoms with Crippen LogP contribution in [0.15, 0.2) is 11.4 Å². The van der Waals surface area contributed by atoms with Crippen LogP contribution in [-0.2, 0) is 11.2 Å². The normalized spacial score (nSPS) is 9.67. The standard InChI is InChI=1S/C12H18N2O2S.ClH/c1-9(15)11-6-10(8-17-11)7-12(16)14-5-3-4-13-2;/h6,8,13H,3-5,7H2,1-2H3,(H,14,16);1H. The molecule has 1 aromatic heterocycles. The average Bonchev–Trinajstić information content (AvgIpc) is 2.73. The lowest BCUT2D eigenvalue weighted by Crippen LogP contribution is -2.27. The van der Waals surface area contributed by atoms with Crippen molar-refractivity contribution in [2.24, 2.45) is 0 Å². The predicted molar refractivity (Wildman–Crippen MR) is 76.8 cm³/mol. The molecule has 0 unspecified atom stereocenters. The maximum atomic E-state index is 11.5. The summed E-state index contributed by atoms with van der Waals surface area (Å²) < 4.78 is 0. The fourth-order valence-electron chi connectivity index (χ4n) is 1.39. The third-order valence-corrected chi connectivity index (χ3v) is 3.37. The van der Waals surface area contributed by atoms with Gasteiger partial charge >= 0.3 is 0 Å². The highest BCUT2D eigenvalue weighted by atomic mass is 35.5. The number of thiophene rings is 1. The Morgan fingerprint density at radius 3 is 2.61 bits per heavy atom. The van der Waals surface area contributed by atoms with Gasteiger partial charge in [-0.3, -0.25) is 9.59 Å². The van der Waals surface area contributed by atoms with E-state index in [1.807, 2.05) is 12.4 Å². The maximum Gasteiger partial charge on any atom is 0.224 e. The average molecular weight is 291 g/mol. The summed E-state index contributed by atoms with van der Waals surface area (Å²) in [6.07, 6.45) is 1.27. The molecular formula is C12H19ClN2O2S. The zero-order valence-electron chi connectivity index (χ0n) is 10.6. The van der Waals surface area contributed by atoms with E-state index in [2.05, 4.69) is 10.6 Å². The van der Waals surface area contributed by atoms with Gasteiger partial charge in [-0.15, -0.1) is 23.7 Å². The number of carbonyl (C=O) groups excluding carboxylic acids is 2. The van der Waals surface area contributed by atoms with Crippen molar-refractivity contribution in [3.05, 3.63) is 21.9 Å². The zero-order valence-corrected chi connectivity index (χ0v) is 12.2. The minimum Gasteiger partial charge on any atom is -0.356 e. The zero-order chi connectivity index (χ0) is 12.7. The summed E-state index contributed by atoms with van der Waals surface area (Å²) in [6.45, 7) is 3.12. The molecule has 18 heavy (non-hydrogen) atoms. The van der Waals surface area contributed by atoms with E-state index in [1.165, 1.54) is 18.3 Å². The van der Waals surface area contributed by atoms with Crippen LogP contribution in [0.1, 0.15) is 28.6 Å². The van der Waals surface area contributed by atoms with Gasteiger partial charge in [0.2, 0.25) is 5.91 Å². The number of rotatable bonds is 7. The van der Waals surface area contributed by atoms with Gasteiger partial charge in [0.15, 0.2) is 5.78 Å². The van der Waals surface area contributed by atoms with Crippen molar-refractivity contribution in [3.63, 3.8) is 0 Å². The Morgan fingerprint density at radius 2 is 2.06 bits per heavy atom. The number of ketones is 1. The van der Waals surface area contributed by atoms with E-state index in [9.17, 15) is 9.59 Å². The number of halogens is 1. The molecule has 0 aliphatic rings. The van der Waals surface area contributed by atoms with E-state index < -0.39 is 0 Å². The molecule has 6 heteroatoms. The molecule has 0 fully saturated rings. The van der Waals surface area contributed by atoms with E-state index >= 15 is 0 Å². The van der Waals surface area contributed by atoms with E-state index in [0.717, 1.165) is 18.5 Å². The fourth-order valence-corrected chi connectivity index (χ4v) is 2.21. The minimum atomic E-state index is 0. The molecule has 1 heterocycles. The van der Waals surface area contributed by atoms with Crippen LogP contribution < -0.4 is 10.6 Å². The van der Waals surface area contributed by atoms with Crippen molar-refractivity contribution in [1.82, 2.24) is 10.6 Å². The highest BCUT2D eigenvalue weighted by Crippen LogP contribution is 2.15. The van der Waals surface area contributed by atoms with Gasteiger partial charge in [0.25, 0.3) is 0 Å². The van der Waals surface area contributed by atoms with Gasteiger partial charge in [-0.1, -0.05) is 0 Å². The molecule has 1 rings (SSSR count). The second-order valence-electron chi connectivity index (χ2n) is 3.86. The molecule has 0 radical (unpaired) electrons. The second-order valence-corrected chi connectivity index (χ2v) is 4.77. The highest BCUT2D eigenvalue weighted by Gasteiger charge is 2.07. The van der Waals surface area contributed by atoms with Crippen LogP contribution in [0.5, 0.6) is 0 Å². The lowest BCUT2D eigenvalue weighted by atomic mass is 10.2. The Labute approximate surface area is 118 Å². The fraction of sp³-hybridized carbons (Fsp3) is 0.500.